The summed E-state index contributed by atoms with van der Waals surface area (Å²) in [7, 11) is 0. The van der Waals surface area contributed by atoms with E-state index in [2.05, 4.69) is 15.8 Å². The van der Waals surface area contributed by atoms with E-state index in [9.17, 15) is 9.59 Å². The summed E-state index contributed by atoms with van der Waals surface area (Å²) in [5, 5.41) is 6.56. The quantitative estimate of drug-likeness (QED) is 0.829. The van der Waals surface area contributed by atoms with Crippen molar-refractivity contribution in [2.45, 2.75) is 26.7 Å². The predicted molar refractivity (Wildman–Crippen MR) is 69.4 cm³/mol. The molecule has 0 saturated carbocycles. The minimum Gasteiger partial charge on any atom is -0.321 e. The molecular formula is C13H15N3O2. The molecule has 0 saturated heterocycles. The van der Waals surface area contributed by atoms with Crippen LogP contribution in [-0.2, 0) is 9.59 Å². The average Bonchev–Trinajstić information content (AvgIpc) is 2.33. The van der Waals surface area contributed by atoms with E-state index in [1.165, 1.54) is 0 Å². The van der Waals surface area contributed by atoms with Crippen molar-refractivity contribution in [1.82, 2.24) is 5.43 Å². The average molecular weight is 245 g/mol. The zero-order chi connectivity index (χ0) is 13.1. The summed E-state index contributed by atoms with van der Waals surface area (Å²) in [6, 6.07) is 5.80. The summed E-state index contributed by atoms with van der Waals surface area (Å²) in [5.74, 6) is -0.417. The summed E-state index contributed by atoms with van der Waals surface area (Å²) < 4.78 is 0. The lowest BCUT2D eigenvalue weighted by Crippen LogP contribution is -2.32. The first-order valence-corrected chi connectivity index (χ1v) is 5.80. The standard InChI is InChI=1S/C13H15N3O2/c1-8-3-4-10(9(2)7-8)14-13(18)11-5-6-12(17)16-15-11/h3-4,7H,5-6H2,1-2H3,(H,14,18)(H,16,17). The van der Waals surface area contributed by atoms with E-state index in [-0.39, 0.29) is 11.8 Å². The summed E-state index contributed by atoms with van der Waals surface area (Å²) >= 11 is 0. The van der Waals surface area contributed by atoms with E-state index in [1.54, 1.807) is 0 Å². The van der Waals surface area contributed by atoms with Gasteiger partial charge >= 0.3 is 0 Å². The van der Waals surface area contributed by atoms with E-state index in [1.807, 2.05) is 32.0 Å². The Kier molecular flexibility index (Phi) is 3.41. The highest BCUT2D eigenvalue weighted by Crippen LogP contribution is 2.16. The molecule has 1 aromatic rings. The van der Waals surface area contributed by atoms with Crippen molar-refractivity contribution < 1.29 is 9.59 Å². The maximum atomic E-state index is 11.9. The Morgan fingerprint density at radius 3 is 2.72 bits per heavy atom. The molecule has 0 unspecified atom stereocenters. The minimum atomic E-state index is -0.262. The molecule has 0 bridgehead atoms. The van der Waals surface area contributed by atoms with Crippen LogP contribution in [0, 0.1) is 13.8 Å². The van der Waals surface area contributed by atoms with Gasteiger partial charge in [0.1, 0.15) is 5.71 Å². The first kappa shape index (κ1) is 12.3. The number of hydrogen-bond acceptors (Lipinski definition) is 3. The first-order chi connectivity index (χ1) is 8.56. The molecule has 1 aliphatic heterocycles. The number of aryl methyl sites for hydroxylation is 2. The number of benzene rings is 1. The molecule has 0 aliphatic carbocycles. The van der Waals surface area contributed by atoms with Gasteiger partial charge in [0.05, 0.1) is 0 Å². The van der Waals surface area contributed by atoms with Gasteiger partial charge in [-0.3, -0.25) is 9.59 Å². The van der Waals surface area contributed by atoms with Gasteiger partial charge in [0, 0.05) is 18.5 Å². The predicted octanol–water partition coefficient (Wildman–Crippen LogP) is 1.51. The van der Waals surface area contributed by atoms with Crippen LogP contribution in [0.3, 0.4) is 0 Å². The van der Waals surface area contributed by atoms with Gasteiger partial charge in [-0.25, -0.2) is 5.43 Å². The molecule has 1 aromatic carbocycles. The highest BCUT2D eigenvalue weighted by Gasteiger charge is 2.18. The van der Waals surface area contributed by atoms with E-state index >= 15 is 0 Å². The molecule has 2 amide bonds. The maximum Gasteiger partial charge on any atom is 0.271 e. The van der Waals surface area contributed by atoms with Crippen molar-refractivity contribution in [1.29, 1.82) is 0 Å². The van der Waals surface area contributed by atoms with Crippen LogP contribution >= 0.6 is 0 Å². The number of nitrogens with zero attached hydrogens (tertiary/aromatic N) is 1. The van der Waals surface area contributed by atoms with Gasteiger partial charge in [-0.05, 0) is 25.5 Å². The second-order valence-electron chi connectivity index (χ2n) is 4.37. The van der Waals surface area contributed by atoms with Gasteiger partial charge in [0.25, 0.3) is 5.91 Å². The largest absolute Gasteiger partial charge is 0.321 e. The Morgan fingerprint density at radius 1 is 1.33 bits per heavy atom. The summed E-state index contributed by atoms with van der Waals surface area (Å²) in [6.07, 6.45) is 0.682. The first-order valence-electron chi connectivity index (χ1n) is 5.80. The van der Waals surface area contributed by atoms with Crippen LogP contribution < -0.4 is 10.7 Å². The fraction of sp³-hybridized carbons (Fsp3) is 0.308. The Balaban J connectivity index is 2.09. The van der Waals surface area contributed by atoms with E-state index in [0.29, 0.717) is 18.6 Å². The monoisotopic (exact) mass is 245 g/mol. The molecule has 1 heterocycles. The number of carbonyl (C=O) groups excluding carboxylic acids is 2. The highest BCUT2D eigenvalue weighted by atomic mass is 16.2. The fourth-order valence-corrected chi connectivity index (χ4v) is 1.79. The molecule has 0 atom stereocenters. The third-order valence-corrected chi connectivity index (χ3v) is 2.80. The lowest BCUT2D eigenvalue weighted by molar-refractivity contribution is -0.121. The minimum absolute atomic E-state index is 0.155. The number of anilines is 1. The van der Waals surface area contributed by atoms with Gasteiger partial charge in [-0.2, -0.15) is 5.10 Å². The van der Waals surface area contributed by atoms with Crippen LogP contribution in [-0.4, -0.2) is 17.5 Å². The molecule has 1 aliphatic rings. The molecule has 5 heteroatoms. The molecule has 0 radical (unpaired) electrons. The maximum absolute atomic E-state index is 11.9. The molecule has 94 valence electrons. The molecule has 18 heavy (non-hydrogen) atoms. The second-order valence-corrected chi connectivity index (χ2v) is 4.37. The molecule has 0 aromatic heterocycles. The smallest absolute Gasteiger partial charge is 0.271 e. The zero-order valence-electron chi connectivity index (χ0n) is 10.4. The lowest BCUT2D eigenvalue weighted by atomic mass is 10.1. The van der Waals surface area contributed by atoms with Crippen molar-refractivity contribution >= 4 is 23.2 Å². The lowest BCUT2D eigenvalue weighted by Gasteiger charge is -2.13. The number of rotatable bonds is 2. The summed E-state index contributed by atoms with van der Waals surface area (Å²) in [5.41, 5.74) is 5.59. The van der Waals surface area contributed by atoms with Gasteiger partial charge in [0.15, 0.2) is 0 Å². The molecule has 0 fully saturated rings. The Hall–Kier alpha value is -2.17. The molecule has 0 spiro atoms. The zero-order valence-corrected chi connectivity index (χ0v) is 10.4. The van der Waals surface area contributed by atoms with Crippen LogP contribution in [0.1, 0.15) is 24.0 Å². The number of hydrogen-bond donors (Lipinski definition) is 2. The molecule has 2 N–H and O–H groups in total. The summed E-state index contributed by atoms with van der Waals surface area (Å²) in [4.78, 5) is 22.8. The van der Waals surface area contributed by atoms with Crippen molar-refractivity contribution in [2.24, 2.45) is 5.10 Å². The van der Waals surface area contributed by atoms with Gasteiger partial charge in [-0.15, -0.1) is 0 Å². The number of hydrazone groups is 1. The van der Waals surface area contributed by atoms with Crippen LogP contribution in [0.5, 0.6) is 0 Å². The van der Waals surface area contributed by atoms with Crippen molar-refractivity contribution in [2.75, 3.05) is 5.32 Å². The van der Waals surface area contributed by atoms with Crippen molar-refractivity contribution in [3.8, 4) is 0 Å². The van der Waals surface area contributed by atoms with Gasteiger partial charge < -0.3 is 5.32 Å². The molecular weight excluding hydrogens is 230 g/mol. The Morgan fingerprint density at radius 2 is 2.11 bits per heavy atom. The highest BCUT2D eigenvalue weighted by molar-refractivity contribution is 6.43. The second kappa shape index (κ2) is 5.00. The number of nitrogens with one attached hydrogen (secondary N) is 2. The third kappa shape index (κ3) is 2.74. The fourth-order valence-electron chi connectivity index (χ4n) is 1.79. The number of amides is 2. The molecule has 5 nitrogen and oxygen atoms in total. The van der Waals surface area contributed by atoms with Gasteiger partial charge in [-0.1, -0.05) is 17.7 Å². The van der Waals surface area contributed by atoms with E-state index in [0.717, 1.165) is 16.8 Å². The van der Waals surface area contributed by atoms with Crippen molar-refractivity contribution in [3.05, 3.63) is 29.3 Å². The topological polar surface area (TPSA) is 70.6 Å². The van der Waals surface area contributed by atoms with E-state index in [4.69, 9.17) is 0 Å². The Labute approximate surface area is 105 Å². The SMILES string of the molecule is Cc1ccc(NC(=O)C2=NNC(=O)CC2)c(C)c1. The van der Waals surface area contributed by atoms with E-state index < -0.39 is 0 Å². The Bertz CT molecular complexity index is 535. The van der Waals surface area contributed by atoms with Crippen LogP contribution in [0.15, 0.2) is 23.3 Å². The van der Waals surface area contributed by atoms with Crippen LogP contribution in [0.4, 0.5) is 5.69 Å². The normalized spacial score (nSPS) is 14.8. The van der Waals surface area contributed by atoms with Gasteiger partial charge in [0.2, 0.25) is 5.91 Å². The molecule has 2 rings (SSSR count). The van der Waals surface area contributed by atoms with Crippen molar-refractivity contribution in [3.63, 3.8) is 0 Å². The third-order valence-electron chi connectivity index (χ3n) is 2.80. The van der Waals surface area contributed by atoms with Crippen LogP contribution in [0.25, 0.3) is 0 Å². The van der Waals surface area contributed by atoms with Crippen LogP contribution in [0.2, 0.25) is 0 Å². The summed E-state index contributed by atoms with van der Waals surface area (Å²) in [6.45, 7) is 3.94. The number of carbonyl (C=O) groups is 2.